The molecule has 0 atom stereocenters. The molecule has 1 aromatic rings. The van der Waals surface area contributed by atoms with Gasteiger partial charge in [-0.2, -0.15) is 0 Å². The van der Waals surface area contributed by atoms with Crippen LogP contribution in [0.2, 0.25) is 0 Å². The van der Waals surface area contributed by atoms with Crippen molar-refractivity contribution in [3.63, 3.8) is 0 Å². The maximum atomic E-state index is 5.49. The Morgan fingerprint density at radius 2 is 2.21 bits per heavy atom. The first-order chi connectivity index (χ1) is 6.79. The number of ether oxygens (including phenoxy) is 1. The predicted octanol–water partition coefficient (Wildman–Crippen LogP) is 2.07. The van der Waals surface area contributed by atoms with Crippen LogP contribution < -0.4 is 4.74 Å². The van der Waals surface area contributed by atoms with Crippen LogP contribution in [-0.4, -0.2) is 25.1 Å². The summed E-state index contributed by atoms with van der Waals surface area (Å²) in [6.45, 7) is 5.00. The molecule has 0 N–H and O–H groups in total. The summed E-state index contributed by atoms with van der Waals surface area (Å²) < 4.78 is 5.49. The SMILES string of the molecule is CCOc1ccc2c(c1)CCN(C)C2. The van der Waals surface area contributed by atoms with Crippen molar-refractivity contribution in [1.82, 2.24) is 4.90 Å². The second-order valence-electron chi connectivity index (χ2n) is 3.85. The van der Waals surface area contributed by atoms with Gasteiger partial charge >= 0.3 is 0 Å². The van der Waals surface area contributed by atoms with Crippen molar-refractivity contribution in [2.75, 3.05) is 20.2 Å². The number of rotatable bonds is 2. The minimum Gasteiger partial charge on any atom is -0.494 e. The molecule has 1 aliphatic rings. The summed E-state index contributed by atoms with van der Waals surface area (Å²) in [5.74, 6) is 1.01. The molecule has 2 nitrogen and oxygen atoms in total. The van der Waals surface area contributed by atoms with Crippen LogP contribution in [0.4, 0.5) is 0 Å². The van der Waals surface area contributed by atoms with Crippen molar-refractivity contribution in [3.05, 3.63) is 29.3 Å². The highest BCUT2D eigenvalue weighted by Gasteiger charge is 2.13. The Morgan fingerprint density at radius 1 is 1.36 bits per heavy atom. The van der Waals surface area contributed by atoms with Crippen LogP contribution in [0.15, 0.2) is 18.2 Å². The largest absolute Gasteiger partial charge is 0.494 e. The van der Waals surface area contributed by atoms with Gasteiger partial charge in [0.2, 0.25) is 0 Å². The predicted molar refractivity (Wildman–Crippen MR) is 57.6 cm³/mol. The first-order valence-corrected chi connectivity index (χ1v) is 5.22. The number of benzene rings is 1. The molecule has 0 aliphatic carbocycles. The molecule has 0 saturated heterocycles. The molecule has 0 radical (unpaired) electrons. The van der Waals surface area contributed by atoms with Crippen LogP contribution in [0, 0.1) is 0 Å². The summed E-state index contributed by atoms with van der Waals surface area (Å²) in [5, 5.41) is 0. The van der Waals surface area contributed by atoms with Crippen LogP contribution in [0.25, 0.3) is 0 Å². The van der Waals surface area contributed by atoms with Crippen LogP contribution in [0.1, 0.15) is 18.1 Å². The lowest BCUT2D eigenvalue weighted by molar-refractivity contribution is 0.309. The monoisotopic (exact) mass is 191 g/mol. The molecule has 0 fully saturated rings. The number of likely N-dealkylation sites (N-methyl/N-ethyl adjacent to an activating group) is 1. The highest BCUT2D eigenvalue weighted by Crippen LogP contribution is 2.22. The van der Waals surface area contributed by atoms with E-state index in [0.29, 0.717) is 0 Å². The van der Waals surface area contributed by atoms with E-state index < -0.39 is 0 Å². The molecule has 0 unspecified atom stereocenters. The molecule has 1 aromatic carbocycles. The fourth-order valence-corrected chi connectivity index (χ4v) is 1.93. The second-order valence-corrected chi connectivity index (χ2v) is 3.85. The molecule has 0 spiro atoms. The van der Waals surface area contributed by atoms with Crippen molar-refractivity contribution >= 4 is 0 Å². The van der Waals surface area contributed by atoms with E-state index in [1.165, 1.54) is 11.1 Å². The lowest BCUT2D eigenvalue weighted by atomic mass is 10.00. The zero-order valence-corrected chi connectivity index (χ0v) is 8.92. The van der Waals surface area contributed by atoms with Gasteiger partial charge in [0.1, 0.15) is 5.75 Å². The smallest absolute Gasteiger partial charge is 0.119 e. The first kappa shape index (κ1) is 9.53. The van der Waals surface area contributed by atoms with Gasteiger partial charge in [0.15, 0.2) is 0 Å². The fourth-order valence-electron chi connectivity index (χ4n) is 1.93. The highest BCUT2D eigenvalue weighted by molar-refractivity contribution is 5.37. The molecule has 76 valence electrons. The fraction of sp³-hybridized carbons (Fsp3) is 0.500. The standard InChI is InChI=1S/C12H17NO/c1-3-14-12-5-4-11-9-13(2)7-6-10(11)8-12/h4-5,8H,3,6-7,9H2,1-2H3. The lowest BCUT2D eigenvalue weighted by Crippen LogP contribution is -2.26. The highest BCUT2D eigenvalue weighted by atomic mass is 16.5. The summed E-state index contributed by atoms with van der Waals surface area (Å²) in [4.78, 5) is 2.35. The summed E-state index contributed by atoms with van der Waals surface area (Å²) in [6, 6.07) is 6.45. The molecule has 1 heterocycles. The Kier molecular flexibility index (Phi) is 2.73. The van der Waals surface area contributed by atoms with Crippen molar-refractivity contribution in [2.45, 2.75) is 19.9 Å². The summed E-state index contributed by atoms with van der Waals surface area (Å²) in [6.07, 6.45) is 1.15. The molecule has 1 aliphatic heterocycles. The third-order valence-corrected chi connectivity index (χ3v) is 2.69. The lowest BCUT2D eigenvalue weighted by Gasteiger charge is -2.25. The number of hydrogen-bond donors (Lipinski definition) is 0. The number of hydrogen-bond acceptors (Lipinski definition) is 2. The molecule has 0 aromatic heterocycles. The number of fused-ring (bicyclic) bond motifs is 1. The Balaban J connectivity index is 2.22. The molecular weight excluding hydrogens is 174 g/mol. The Labute approximate surface area is 85.5 Å². The Morgan fingerprint density at radius 3 is 3.00 bits per heavy atom. The molecule has 2 heteroatoms. The molecule has 14 heavy (non-hydrogen) atoms. The summed E-state index contributed by atoms with van der Waals surface area (Å²) in [7, 11) is 2.17. The zero-order valence-electron chi connectivity index (χ0n) is 8.92. The normalized spacial score (nSPS) is 16.4. The van der Waals surface area contributed by atoms with E-state index in [-0.39, 0.29) is 0 Å². The van der Waals surface area contributed by atoms with Gasteiger partial charge in [-0.3, -0.25) is 0 Å². The van der Waals surface area contributed by atoms with Gasteiger partial charge in [-0.1, -0.05) is 6.07 Å². The van der Waals surface area contributed by atoms with Crippen LogP contribution in [0.5, 0.6) is 5.75 Å². The van der Waals surface area contributed by atoms with Gasteiger partial charge in [0.25, 0.3) is 0 Å². The van der Waals surface area contributed by atoms with E-state index in [0.717, 1.165) is 31.9 Å². The van der Waals surface area contributed by atoms with Gasteiger partial charge < -0.3 is 9.64 Å². The Bertz CT molecular complexity index is 322. The van der Waals surface area contributed by atoms with Gasteiger partial charge in [0, 0.05) is 13.1 Å². The maximum absolute atomic E-state index is 5.49. The van der Waals surface area contributed by atoms with E-state index in [1.807, 2.05) is 6.92 Å². The molecule has 0 saturated carbocycles. The first-order valence-electron chi connectivity index (χ1n) is 5.22. The van der Waals surface area contributed by atoms with Crippen LogP contribution in [-0.2, 0) is 13.0 Å². The average molecular weight is 191 g/mol. The second kappa shape index (κ2) is 4.01. The van der Waals surface area contributed by atoms with Gasteiger partial charge in [0.05, 0.1) is 6.61 Å². The molecule has 0 amide bonds. The van der Waals surface area contributed by atoms with Gasteiger partial charge in [-0.25, -0.2) is 0 Å². The minimum absolute atomic E-state index is 0.749. The summed E-state index contributed by atoms with van der Waals surface area (Å²) in [5.41, 5.74) is 2.90. The van der Waals surface area contributed by atoms with Gasteiger partial charge in [-0.15, -0.1) is 0 Å². The van der Waals surface area contributed by atoms with E-state index in [2.05, 4.69) is 30.1 Å². The van der Waals surface area contributed by atoms with Crippen molar-refractivity contribution in [1.29, 1.82) is 0 Å². The third-order valence-electron chi connectivity index (χ3n) is 2.69. The molecule has 0 bridgehead atoms. The Hall–Kier alpha value is -1.02. The summed E-state index contributed by atoms with van der Waals surface area (Å²) >= 11 is 0. The van der Waals surface area contributed by atoms with Gasteiger partial charge in [-0.05, 0) is 43.7 Å². The van der Waals surface area contributed by atoms with E-state index >= 15 is 0 Å². The van der Waals surface area contributed by atoms with Crippen molar-refractivity contribution in [2.24, 2.45) is 0 Å². The van der Waals surface area contributed by atoms with Crippen LogP contribution in [0.3, 0.4) is 0 Å². The zero-order chi connectivity index (χ0) is 9.97. The average Bonchev–Trinajstić information content (AvgIpc) is 2.19. The third kappa shape index (κ3) is 1.90. The number of nitrogens with zero attached hydrogens (tertiary/aromatic N) is 1. The van der Waals surface area contributed by atoms with E-state index in [9.17, 15) is 0 Å². The van der Waals surface area contributed by atoms with Crippen molar-refractivity contribution in [3.8, 4) is 5.75 Å². The van der Waals surface area contributed by atoms with Crippen molar-refractivity contribution < 1.29 is 4.74 Å². The maximum Gasteiger partial charge on any atom is 0.119 e. The van der Waals surface area contributed by atoms with E-state index in [4.69, 9.17) is 4.74 Å². The van der Waals surface area contributed by atoms with E-state index in [1.54, 1.807) is 0 Å². The topological polar surface area (TPSA) is 12.5 Å². The minimum atomic E-state index is 0.749. The van der Waals surface area contributed by atoms with Crippen LogP contribution >= 0.6 is 0 Å². The quantitative estimate of drug-likeness (QED) is 0.709. The molecule has 2 rings (SSSR count). The molecular formula is C12H17NO.